The second-order valence-electron chi connectivity index (χ2n) is 8.51. The van der Waals surface area contributed by atoms with Gasteiger partial charge in [-0.1, -0.05) is 0 Å². The highest BCUT2D eigenvalue weighted by molar-refractivity contribution is 5.94. The molecule has 0 radical (unpaired) electrons. The SMILES string of the molecule is O=C(O)CCC(NC(=O)C1CCCN1C(=O)C(Cc1cnc[nH]1)NC(=O)C1CCCN1)C(=O)O. The van der Waals surface area contributed by atoms with Crippen LogP contribution < -0.4 is 16.0 Å². The molecule has 4 atom stereocenters. The molecule has 2 aliphatic heterocycles. The average molecular weight is 479 g/mol. The summed E-state index contributed by atoms with van der Waals surface area (Å²) in [4.78, 5) is 69.5. The van der Waals surface area contributed by atoms with Crippen molar-refractivity contribution in [3.8, 4) is 0 Å². The molecular formula is C21H30N6O7. The van der Waals surface area contributed by atoms with Crippen LogP contribution in [-0.4, -0.2) is 92.0 Å². The van der Waals surface area contributed by atoms with Gasteiger partial charge in [-0.25, -0.2) is 9.78 Å². The van der Waals surface area contributed by atoms with Crippen molar-refractivity contribution in [2.24, 2.45) is 0 Å². The van der Waals surface area contributed by atoms with Crippen molar-refractivity contribution < 1.29 is 34.2 Å². The predicted octanol–water partition coefficient (Wildman–Crippen LogP) is -1.39. The Morgan fingerprint density at radius 1 is 1.09 bits per heavy atom. The van der Waals surface area contributed by atoms with Crippen molar-refractivity contribution in [2.75, 3.05) is 13.1 Å². The zero-order valence-electron chi connectivity index (χ0n) is 18.7. The summed E-state index contributed by atoms with van der Waals surface area (Å²) in [6.07, 6.45) is 4.86. The first-order valence-electron chi connectivity index (χ1n) is 11.3. The number of aliphatic carboxylic acids is 2. The van der Waals surface area contributed by atoms with E-state index >= 15 is 0 Å². The van der Waals surface area contributed by atoms with Gasteiger partial charge < -0.3 is 36.0 Å². The highest BCUT2D eigenvalue weighted by Crippen LogP contribution is 2.20. The normalized spacial score (nSPS) is 21.6. The molecule has 0 saturated carbocycles. The zero-order valence-corrected chi connectivity index (χ0v) is 18.7. The Hall–Kier alpha value is -3.48. The molecule has 3 amide bonds. The van der Waals surface area contributed by atoms with Gasteiger partial charge in [-0.3, -0.25) is 19.2 Å². The van der Waals surface area contributed by atoms with Crippen LogP contribution in [0.3, 0.4) is 0 Å². The number of carboxylic acid groups (broad SMARTS) is 2. The summed E-state index contributed by atoms with van der Waals surface area (Å²) in [7, 11) is 0. The first-order chi connectivity index (χ1) is 16.3. The average Bonchev–Trinajstić information content (AvgIpc) is 3.57. The number of H-pyrrole nitrogens is 1. The number of hydrogen-bond acceptors (Lipinski definition) is 7. The van der Waals surface area contributed by atoms with Crippen LogP contribution in [0.1, 0.15) is 44.2 Å². The minimum absolute atomic E-state index is 0.151. The fourth-order valence-corrected chi connectivity index (χ4v) is 4.29. The molecule has 1 aromatic rings. The number of hydrogen-bond donors (Lipinski definition) is 6. The second-order valence-corrected chi connectivity index (χ2v) is 8.51. The molecule has 186 valence electrons. The van der Waals surface area contributed by atoms with E-state index in [-0.39, 0.29) is 31.3 Å². The van der Waals surface area contributed by atoms with E-state index in [0.717, 1.165) is 13.0 Å². The third-order valence-corrected chi connectivity index (χ3v) is 6.07. The van der Waals surface area contributed by atoms with E-state index in [1.54, 1.807) is 6.20 Å². The first-order valence-corrected chi connectivity index (χ1v) is 11.3. The topological polar surface area (TPSA) is 194 Å². The van der Waals surface area contributed by atoms with Gasteiger partial charge in [0.2, 0.25) is 17.7 Å². The monoisotopic (exact) mass is 478 g/mol. The number of amides is 3. The minimum Gasteiger partial charge on any atom is -0.481 e. The number of carboxylic acids is 2. The van der Waals surface area contributed by atoms with Crippen LogP contribution in [0.2, 0.25) is 0 Å². The van der Waals surface area contributed by atoms with Gasteiger partial charge in [-0.05, 0) is 38.6 Å². The molecule has 2 saturated heterocycles. The molecule has 0 bridgehead atoms. The van der Waals surface area contributed by atoms with Gasteiger partial charge in [-0.15, -0.1) is 0 Å². The molecule has 34 heavy (non-hydrogen) atoms. The van der Waals surface area contributed by atoms with Gasteiger partial charge in [0, 0.05) is 31.3 Å². The van der Waals surface area contributed by atoms with Crippen LogP contribution in [0.15, 0.2) is 12.5 Å². The van der Waals surface area contributed by atoms with Crippen LogP contribution in [0, 0.1) is 0 Å². The van der Waals surface area contributed by atoms with Crippen molar-refractivity contribution in [3.05, 3.63) is 18.2 Å². The maximum absolute atomic E-state index is 13.5. The number of nitrogens with one attached hydrogen (secondary N) is 4. The van der Waals surface area contributed by atoms with Crippen LogP contribution in [0.5, 0.6) is 0 Å². The fourth-order valence-electron chi connectivity index (χ4n) is 4.29. The Kier molecular flexibility index (Phi) is 8.57. The van der Waals surface area contributed by atoms with Crippen LogP contribution in [0.25, 0.3) is 0 Å². The quantitative estimate of drug-likeness (QED) is 0.222. The van der Waals surface area contributed by atoms with Crippen LogP contribution in [0.4, 0.5) is 0 Å². The van der Waals surface area contributed by atoms with E-state index < -0.39 is 48.3 Å². The third-order valence-electron chi connectivity index (χ3n) is 6.07. The number of rotatable bonds is 11. The Balaban J connectivity index is 1.70. The molecule has 0 spiro atoms. The van der Waals surface area contributed by atoms with Crippen LogP contribution >= 0.6 is 0 Å². The van der Waals surface area contributed by atoms with E-state index in [1.807, 2.05) is 0 Å². The van der Waals surface area contributed by atoms with E-state index in [4.69, 9.17) is 5.11 Å². The number of aromatic amines is 1. The highest BCUT2D eigenvalue weighted by Gasteiger charge is 2.39. The molecule has 13 heteroatoms. The summed E-state index contributed by atoms with van der Waals surface area (Å²) in [6.45, 7) is 0.999. The summed E-state index contributed by atoms with van der Waals surface area (Å²) in [6, 6.07) is -3.62. The van der Waals surface area contributed by atoms with Crippen molar-refractivity contribution in [2.45, 2.75) is 69.1 Å². The molecular weight excluding hydrogens is 448 g/mol. The lowest BCUT2D eigenvalue weighted by Gasteiger charge is -2.29. The maximum Gasteiger partial charge on any atom is 0.326 e. The summed E-state index contributed by atoms with van der Waals surface area (Å²) >= 11 is 0. The molecule has 13 nitrogen and oxygen atoms in total. The molecule has 2 fully saturated rings. The third kappa shape index (κ3) is 6.53. The van der Waals surface area contributed by atoms with E-state index in [9.17, 15) is 29.1 Å². The molecule has 2 aliphatic rings. The van der Waals surface area contributed by atoms with Crippen molar-refractivity contribution in [1.82, 2.24) is 30.8 Å². The molecule has 0 aliphatic carbocycles. The number of imidazole rings is 1. The second kappa shape index (κ2) is 11.6. The molecule has 6 N–H and O–H groups in total. The lowest BCUT2D eigenvalue weighted by Crippen LogP contribution is -2.57. The van der Waals surface area contributed by atoms with Gasteiger partial charge in [0.15, 0.2) is 0 Å². The smallest absolute Gasteiger partial charge is 0.326 e. The van der Waals surface area contributed by atoms with E-state index in [2.05, 4.69) is 25.9 Å². The largest absolute Gasteiger partial charge is 0.481 e. The number of nitrogens with zero attached hydrogens (tertiary/aromatic N) is 2. The minimum atomic E-state index is -1.38. The van der Waals surface area contributed by atoms with Gasteiger partial charge in [0.05, 0.1) is 12.4 Å². The molecule has 4 unspecified atom stereocenters. The fraction of sp³-hybridized carbons (Fsp3) is 0.619. The van der Waals surface area contributed by atoms with Gasteiger partial charge >= 0.3 is 11.9 Å². The number of aromatic nitrogens is 2. The summed E-state index contributed by atoms with van der Waals surface area (Å²) < 4.78 is 0. The lowest BCUT2D eigenvalue weighted by atomic mass is 10.1. The summed E-state index contributed by atoms with van der Waals surface area (Å²) in [5.41, 5.74) is 0.637. The molecule has 3 heterocycles. The summed E-state index contributed by atoms with van der Waals surface area (Å²) in [5, 5.41) is 26.4. The van der Waals surface area contributed by atoms with E-state index in [0.29, 0.717) is 25.0 Å². The number of carbonyl (C=O) groups is 5. The Morgan fingerprint density at radius 3 is 2.47 bits per heavy atom. The first kappa shape index (κ1) is 25.1. The summed E-state index contributed by atoms with van der Waals surface area (Å²) in [5.74, 6) is -3.93. The maximum atomic E-state index is 13.5. The van der Waals surface area contributed by atoms with Crippen molar-refractivity contribution in [3.63, 3.8) is 0 Å². The van der Waals surface area contributed by atoms with Crippen molar-refractivity contribution >= 4 is 29.7 Å². The molecule has 3 rings (SSSR count). The van der Waals surface area contributed by atoms with Gasteiger partial charge in [0.25, 0.3) is 0 Å². The predicted molar refractivity (Wildman–Crippen MR) is 116 cm³/mol. The number of likely N-dealkylation sites (tertiary alicyclic amines) is 1. The van der Waals surface area contributed by atoms with Gasteiger partial charge in [0.1, 0.15) is 18.1 Å². The van der Waals surface area contributed by atoms with Gasteiger partial charge in [-0.2, -0.15) is 0 Å². The van der Waals surface area contributed by atoms with Crippen LogP contribution in [-0.2, 0) is 30.4 Å². The number of carbonyl (C=O) groups excluding carboxylic acids is 3. The van der Waals surface area contributed by atoms with Crippen molar-refractivity contribution in [1.29, 1.82) is 0 Å². The van der Waals surface area contributed by atoms with E-state index in [1.165, 1.54) is 11.2 Å². The Morgan fingerprint density at radius 2 is 1.85 bits per heavy atom. The molecule has 1 aromatic heterocycles. The molecule has 0 aromatic carbocycles. The standard InChI is InChI=1S/C21H30N6O7/c28-17(29)6-5-14(21(33)34)25-19(31)16-4-2-8-27(16)20(32)15(9-12-10-22-11-24-12)26-18(30)13-3-1-7-23-13/h10-11,13-16,23H,1-9H2,(H,22,24)(H,25,31)(H,26,30)(H,28,29)(H,33,34). The zero-order chi connectivity index (χ0) is 24.7. The lowest BCUT2D eigenvalue weighted by molar-refractivity contribution is -0.145. The Labute approximate surface area is 195 Å². The Bertz CT molecular complexity index is 899. The highest BCUT2D eigenvalue weighted by atomic mass is 16.4.